The van der Waals surface area contributed by atoms with Crippen molar-refractivity contribution in [3.8, 4) is 0 Å². The number of nitrogens with one attached hydrogen (secondary N) is 2. The zero-order valence-electron chi connectivity index (χ0n) is 11.1. The van der Waals surface area contributed by atoms with Gasteiger partial charge in [0.2, 0.25) is 0 Å². The molecule has 3 nitrogen and oxygen atoms in total. The first-order valence-electron chi connectivity index (χ1n) is 6.82. The summed E-state index contributed by atoms with van der Waals surface area (Å²) in [4.78, 5) is 3.42. The van der Waals surface area contributed by atoms with Crippen LogP contribution in [0.15, 0.2) is 18.2 Å². The Morgan fingerprint density at radius 1 is 1.47 bits per heavy atom. The van der Waals surface area contributed by atoms with E-state index in [1.54, 1.807) is 0 Å². The van der Waals surface area contributed by atoms with Gasteiger partial charge in [-0.25, -0.2) is 0 Å². The van der Waals surface area contributed by atoms with Gasteiger partial charge in [0.1, 0.15) is 0 Å². The first-order chi connectivity index (χ1) is 9.24. The lowest BCUT2D eigenvalue weighted by Gasteiger charge is -2.10. The first kappa shape index (κ1) is 13.0. The van der Waals surface area contributed by atoms with E-state index in [4.69, 9.17) is 16.3 Å². The van der Waals surface area contributed by atoms with Gasteiger partial charge < -0.3 is 15.0 Å². The van der Waals surface area contributed by atoms with Gasteiger partial charge in [0.15, 0.2) is 0 Å². The zero-order chi connectivity index (χ0) is 13.2. The van der Waals surface area contributed by atoms with Gasteiger partial charge in [-0.2, -0.15) is 0 Å². The Labute approximate surface area is 118 Å². The van der Waals surface area contributed by atoms with Crippen LogP contribution in [0, 0.1) is 6.92 Å². The second kappa shape index (κ2) is 5.53. The molecule has 1 unspecified atom stereocenters. The number of ether oxygens (including phenoxy) is 1. The maximum absolute atomic E-state index is 6.09. The molecule has 2 heterocycles. The fourth-order valence-corrected chi connectivity index (χ4v) is 2.95. The molecule has 2 aromatic rings. The van der Waals surface area contributed by atoms with Gasteiger partial charge in [-0.05, 0) is 50.1 Å². The van der Waals surface area contributed by atoms with Crippen LogP contribution in [-0.2, 0) is 11.2 Å². The maximum atomic E-state index is 6.09. The van der Waals surface area contributed by atoms with Crippen LogP contribution in [0.1, 0.15) is 17.7 Å². The smallest absolute Gasteiger partial charge is 0.0620 e. The number of rotatable bonds is 4. The van der Waals surface area contributed by atoms with Crippen molar-refractivity contribution in [2.24, 2.45) is 0 Å². The zero-order valence-corrected chi connectivity index (χ0v) is 11.9. The van der Waals surface area contributed by atoms with Crippen LogP contribution in [0.25, 0.3) is 10.9 Å². The SMILES string of the molecule is Cc1[nH]c2ccc(Cl)cc2c1CCNC1CCOC1. The van der Waals surface area contributed by atoms with E-state index < -0.39 is 0 Å². The predicted molar refractivity (Wildman–Crippen MR) is 79.0 cm³/mol. The number of halogens is 1. The van der Waals surface area contributed by atoms with Gasteiger partial charge in [0, 0.05) is 34.3 Å². The second-order valence-corrected chi connectivity index (χ2v) is 5.62. The third-order valence-electron chi connectivity index (χ3n) is 3.82. The Balaban J connectivity index is 1.72. The lowest BCUT2D eigenvalue weighted by Crippen LogP contribution is -2.30. The van der Waals surface area contributed by atoms with Crippen molar-refractivity contribution in [3.63, 3.8) is 0 Å². The number of benzene rings is 1. The summed E-state index contributed by atoms with van der Waals surface area (Å²) in [6.07, 6.45) is 2.14. The summed E-state index contributed by atoms with van der Waals surface area (Å²) >= 11 is 6.09. The molecule has 19 heavy (non-hydrogen) atoms. The highest BCUT2D eigenvalue weighted by atomic mass is 35.5. The third-order valence-corrected chi connectivity index (χ3v) is 4.05. The van der Waals surface area contributed by atoms with Crippen molar-refractivity contribution in [2.75, 3.05) is 19.8 Å². The summed E-state index contributed by atoms with van der Waals surface area (Å²) in [5.74, 6) is 0. The summed E-state index contributed by atoms with van der Waals surface area (Å²) in [5, 5.41) is 5.60. The van der Waals surface area contributed by atoms with E-state index in [2.05, 4.69) is 23.3 Å². The quantitative estimate of drug-likeness (QED) is 0.902. The van der Waals surface area contributed by atoms with E-state index >= 15 is 0 Å². The predicted octanol–water partition coefficient (Wildman–Crippen LogP) is 3.05. The molecule has 0 amide bonds. The standard InChI is InChI=1S/C15H19ClN2O/c1-10-13(4-6-17-12-5-7-19-9-12)14-8-11(16)2-3-15(14)18-10/h2-3,8,12,17-18H,4-7,9H2,1H3. The number of aromatic amines is 1. The minimum absolute atomic E-state index is 0.522. The highest BCUT2D eigenvalue weighted by Crippen LogP contribution is 2.25. The lowest BCUT2D eigenvalue weighted by molar-refractivity contribution is 0.190. The molecule has 0 aliphatic carbocycles. The van der Waals surface area contributed by atoms with Gasteiger partial charge >= 0.3 is 0 Å². The highest BCUT2D eigenvalue weighted by Gasteiger charge is 2.15. The van der Waals surface area contributed by atoms with Crippen molar-refractivity contribution in [1.29, 1.82) is 0 Å². The summed E-state index contributed by atoms with van der Waals surface area (Å²) < 4.78 is 5.37. The number of hydrogen-bond donors (Lipinski definition) is 2. The van der Waals surface area contributed by atoms with Gasteiger partial charge in [0.25, 0.3) is 0 Å². The van der Waals surface area contributed by atoms with Gasteiger partial charge in [0.05, 0.1) is 6.61 Å². The number of aryl methyl sites for hydroxylation is 1. The Morgan fingerprint density at radius 3 is 3.16 bits per heavy atom. The summed E-state index contributed by atoms with van der Waals surface area (Å²) in [5.41, 5.74) is 3.77. The second-order valence-electron chi connectivity index (χ2n) is 5.18. The third kappa shape index (κ3) is 2.78. The topological polar surface area (TPSA) is 37.0 Å². The van der Waals surface area contributed by atoms with E-state index in [-0.39, 0.29) is 0 Å². The minimum Gasteiger partial charge on any atom is -0.380 e. The Hall–Kier alpha value is -1.03. The largest absolute Gasteiger partial charge is 0.380 e. The lowest BCUT2D eigenvalue weighted by atomic mass is 10.1. The molecule has 1 fully saturated rings. The maximum Gasteiger partial charge on any atom is 0.0620 e. The Bertz CT molecular complexity index is 573. The number of H-pyrrole nitrogens is 1. The van der Waals surface area contributed by atoms with E-state index in [9.17, 15) is 0 Å². The van der Waals surface area contributed by atoms with Crippen molar-refractivity contribution in [3.05, 3.63) is 34.5 Å². The van der Waals surface area contributed by atoms with E-state index in [1.165, 1.54) is 22.2 Å². The van der Waals surface area contributed by atoms with Crippen molar-refractivity contribution in [1.82, 2.24) is 10.3 Å². The van der Waals surface area contributed by atoms with Crippen LogP contribution < -0.4 is 5.32 Å². The fraction of sp³-hybridized carbons (Fsp3) is 0.467. The molecule has 1 atom stereocenters. The van der Waals surface area contributed by atoms with E-state index in [0.29, 0.717) is 6.04 Å². The van der Waals surface area contributed by atoms with E-state index in [1.807, 2.05) is 12.1 Å². The van der Waals surface area contributed by atoms with Gasteiger partial charge in [-0.1, -0.05) is 11.6 Å². The molecule has 1 aromatic heterocycles. The molecule has 3 rings (SSSR count). The Kier molecular flexibility index (Phi) is 3.78. The number of aromatic nitrogens is 1. The molecule has 0 bridgehead atoms. The molecular formula is C15H19ClN2O. The molecular weight excluding hydrogens is 260 g/mol. The highest BCUT2D eigenvalue weighted by molar-refractivity contribution is 6.31. The number of hydrogen-bond acceptors (Lipinski definition) is 2. The molecule has 1 aliphatic rings. The molecule has 4 heteroatoms. The van der Waals surface area contributed by atoms with Crippen molar-refractivity contribution in [2.45, 2.75) is 25.8 Å². The van der Waals surface area contributed by atoms with Gasteiger partial charge in [-0.15, -0.1) is 0 Å². The average molecular weight is 279 g/mol. The fourth-order valence-electron chi connectivity index (χ4n) is 2.77. The van der Waals surface area contributed by atoms with Crippen LogP contribution in [0.2, 0.25) is 5.02 Å². The molecule has 2 N–H and O–H groups in total. The van der Waals surface area contributed by atoms with Crippen molar-refractivity contribution >= 4 is 22.5 Å². The van der Waals surface area contributed by atoms with Gasteiger partial charge in [-0.3, -0.25) is 0 Å². The summed E-state index contributed by atoms with van der Waals surface area (Å²) in [7, 11) is 0. The molecule has 1 aliphatic heterocycles. The molecule has 1 aromatic carbocycles. The molecule has 102 valence electrons. The first-order valence-corrected chi connectivity index (χ1v) is 7.19. The summed E-state index contributed by atoms with van der Waals surface area (Å²) in [6.45, 7) is 4.84. The molecule has 0 saturated carbocycles. The monoisotopic (exact) mass is 278 g/mol. The molecule has 0 spiro atoms. The molecule has 1 saturated heterocycles. The summed E-state index contributed by atoms with van der Waals surface area (Å²) in [6, 6.07) is 6.55. The average Bonchev–Trinajstić information content (AvgIpc) is 2.99. The van der Waals surface area contributed by atoms with Crippen LogP contribution in [0.5, 0.6) is 0 Å². The van der Waals surface area contributed by atoms with Crippen LogP contribution in [0.3, 0.4) is 0 Å². The number of fused-ring (bicyclic) bond motifs is 1. The normalized spacial score (nSPS) is 19.4. The Morgan fingerprint density at radius 2 is 2.37 bits per heavy atom. The van der Waals surface area contributed by atoms with Crippen LogP contribution in [0.4, 0.5) is 0 Å². The van der Waals surface area contributed by atoms with Crippen molar-refractivity contribution < 1.29 is 4.74 Å². The molecule has 0 radical (unpaired) electrons. The van der Waals surface area contributed by atoms with Crippen LogP contribution in [-0.4, -0.2) is 30.8 Å². The van der Waals surface area contributed by atoms with Crippen LogP contribution >= 0.6 is 11.6 Å². The minimum atomic E-state index is 0.522. The van der Waals surface area contributed by atoms with E-state index in [0.717, 1.165) is 37.6 Å².